The van der Waals surface area contributed by atoms with Gasteiger partial charge in [-0.1, -0.05) is 11.6 Å². The second kappa shape index (κ2) is 8.81. The van der Waals surface area contributed by atoms with E-state index in [0.29, 0.717) is 30.4 Å². The molecule has 2 aromatic carbocycles. The molecule has 0 bridgehead atoms. The first-order chi connectivity index (χ1) is 14.5. The third-order valence-electron chi connectivity index (χ3n) is 4.83. The first kappa shape index (κ1) is 20.3. The van der Waals surface area contributed by atoms with E-state index in [2.05, 4.69) is 10.2 Å². The molecule has 0 aliphatic carbocycles. The molecule has 158 valence electrons. The van der Waals surface area contributed by atoms with Gasteiger partial charge in [0, 0.05) is 24.5 Å². The molecule has 8 nitrogen and oxygen atoms in total. The Kier molecular flexibility index (Phi) is 5.96. The molecule has 1 N–H and O–H groups in total. The van der Waals surface area contributed by atoms with Crippen molar-refractivity contribution in [1.82, 2.24) is 0 Å². The Hall–Kier alpha value is -2.97. The zero-order valence-electron chi connectivity index (χ0n) is 16.4. The van der Waals surface area contributed by atoms with Crippen LogP contribution in [0.2, 0.25) is 5.02 Å². The van der Waals surface area contributed by atoms with Crippen molar-refractivity contribution < 1.29 is 28.5 Å². The largest absolute Gasteiger partial charge is 0.454 e. The van der Waals surface area contributed by atoms with Crippen LogP contribution < -0.4 is 19.7 Å². The number of carbonyl (C=O) groups excluding carboxylic acids is 2. The van der Waals surface area contributed by atoms with Crippen molar-refractivity contribution in [2.45, 2.75) is 13.0 Å². The normalized spacial score (nSPS) is 16.1. The van der Waals surface area contributed by atoms with Crippen LogP contribution in [0.3, 0.4) is 0 Å². The highest BCUT2D eigenvalue weighted by molar-refractivity contribution is 6.32. The lowest BCUT2D eigenvalue weighted by atomic mass is 10.2. The average molecular weight is 433 g/mol. The zero-order chi connectivity index (χ0) is 21.1. The highest BCUT2D eigenvalue weighted by Gasteiger charge is 2.24. The number of rotatable bonds is 5. The quantitative estimate of drug-likeness (QED) is 0.726. The van der Waals surface area contributed by atoms with Gasteiger partial charge < -0.3 is 29.2 Å². The Bertz CT molecular complexity index is 943. The number of morpholine rings is 1. The van der Waals surface area contributed by atoms with Gasteiger partial charge in [-0.25, -0.2) is 4.79 Å². The minimum atomic E-state index is -0.999. The fourth-order valence-electron chi connectivity index (χ4n) is 3.19. The Morgan fingerprint density at radius 3 is 2.60 bits per heavy atom. The highest BCUT2D eigenvalue weighted by atomic mass is 35.5. The SMILES string of the molecule is CC(OC(=O)c1cc(Cl)c2c(c1)OCO2)C(=O)Nc1ccc(N2CCOCC2)cc1. The number of nitrogens with zero attached hydrogens (tertiary/aromatic N) is 1. The molecule has 1 saturated heterocycles. The number of benzene rings is 2. The summed E-state index contributed by atoms with van der Waals surface area (Å²) < 4.78 is 21.1. The van der Waals surface area contributed by atoms with Crippen molar-refractivity contribution in [3.05, 3.63) is 47.0 Å². The summed E-state index contributed by atoms with van der Waals surface area (Å²) in [6, 6.07) is 10.4. The lowest BCUT2D eigenvalue weighted by Crippen LogP contribution is -2.36. The molecule has 1 fully saturated rings. The summed E-state index contributed by atoms with van der Waals surface area (Å²) in [4.78, 5) is 27.1. The average Bonchev–Trinajstić information content (AvgIpc) is 3.24. The molecule has 1 unspecified atom stereocenters. The van der Waals surface area contributed by atoms with E-state index in [9.17, 15) is 9.59 Å². The maximum absolute atomic E-state index is 12.4. The van der Waals surface area contributed by atoms with Crippen LogP contribution in [-0.4, -0.2) is 51.1 Å². The minimum absolute atomic E-state index is 0.0384. The summed E-state index contributed by atoms with van der Waals surface area (Å²) in [5.74, 6) is -0.360. The van der Waals surface area contributed by atoms with Gasteiger partial charge in [-0.15, -0.1) is 0 Å². The molecule has 1 amide bonds. The highest BCUT2D eigenvalue weighted by Crippen LogP contribution is 2.40. The van der Waals surface area contributed by atoms with Crippen LogP contribution in [0.25, 0.3) is 0 Å². The number of ether oxygens (including phenoxy) is 4. The minimum Gasteiger partial charge on any atom is -0.454 e. The van der Waals surface area contributed by atoms with Gasteiger partial charge in [-0.05, 0) is 43.3 Å². The third kappa shape index (κ3) is 4.44. The Morgan fingerprint density at radius 2 is 1.87 bits per heavy atom. The number of fused-ring (bicyclic) bond motifs is 1. The van der Waals surface area contributed by atoms with E-state index >= 15 is 0 Å². The molecule has 0 saturated carbocycles. The van der Waals surface area contributed by atoms with Crippen molar-refractivity contribution in [3.63, 3.8) is 0 Å². The van der Waals surface area contributed by atoms with E-state index in [-0.39, 0.29) is 17.4 Å². The van der Waals surface area contributed by atoms with Gasteiger partial charge >= 0.3 is 5.97 Å². The van der Waals surface area contributed by atoms with Gasteiger partial charge in [0.15, 0.2) is 17.6 Å². The summed E-state index contributed by atoms with van der Waals surface area (Å²) >= 11 is 6.09. The van der Waals surface area contributed by atoms with Gasteiger partial charge in [-0.3, -0.25) is 4.79 Å². The van der Waals surface area contributed by atoms with Crippen LogP contribution in [0.5, 0.6) is 11.5 Å². The summed E-state index contributed by atoms with van der Waals surface area (Å²) in [5, 5.41) is 3.00. The van der Waals surface area contributed by atoms with E-state index < -0.39 is 18.0 Å². The van der Waals surface area contributed by atoms with Crippen LogP contribution in [0.1, 0.15) is 17.3 Å². The Labute approximate surface area is 178 Å². The molecule has 0 aromatic heterocycles. The van der Waals surface area contributed by atoms with Gasteiger partial charge in [0.1, 0.15) is 0 Å². The summed E-state index contributed by atoms with van der Waals surface area (Å²) in [7, 11) is 0. The van der Waals surface area contributed by atoms with Gasteiger partial charge in [0.2, 0.25) is 6.79 Å². The Morgan fingerprint density at radius 1 is 1.13 bits per heavy atom. The van der Waals surface area contributed by atoms with Gasteiger partial charge in [0.05, 0.1) is 23.8 Å². The van der Waals surface area contributed by atoms with Crippen molar-refractivity contribution in [3.8, 4) is 11.5 Å². The van der Waals surface area contributed by atoms with Gasteiger partial charge in [0.25, 0.3) is 5.91 Å². The Balaban J connectivity index is 1.34. The number of esters is 1. The van der Waals surface area contributed by atoms with E-state index in [1.54, 1.807) is 0 Å². The maximum atomic E-state index is 12.4. The monoisotopic (exact) mass is 432 g/mol. The predicted octanol–water partition coefficient (Wildman–Crippen LogP) is 3.09. The molecule has 9 heteroatoms. The van der Waals surface area contributed by atoms with Crippen LogP contribution in [0, 0.1) is 0 Å². The molecular weight excluding hydrogens is 412 g/mol. The first-order valence-corrected chi connectivity index (χ1v) is 9.93. The number of nitrogens with one attached hydrogen (secondary N) is 1. The van der Waals surface area contributed by atoms with Crippen molar-refractivity contribution in [2.75, 3.05) is 43.3 Å². The van der Waals surface area contributed by atoms with Crippen LogP contribution in [0.4, 0.5) is 11.4 Å². The summed E-state index contributed by atoms with van der Waals surface area (Å²) in [6.07, 6.45) is -0.999. The summed E-state index contributed by atoms with van der Waals surface area (Å²) in [6.45, 7) is 4.62. The second-order valence-corrected chi connectivity index (χ2v) is 7.28. The molecule has 2 aliphatic rings. The molecule has 2 heterocycles. The number of amides is 1. The van der Waals surface area contributed by atoms with E-state index in [4.69, 9.17) is 30.5 Å². The fourth-order valence-corrected chi connectivity index (χ4v) is 3.45. The fraction of sp³-hybridized carbons (Fsp3) is 0.333. The topological polar surface area (TPSA) is 86.3 Å². The molecule has 4 rings (SSSR count). The predicted molar refractivity (Wildman–Crippen MR) is 111 cm³/mol. The number of carbonyl (C=O) groups is 2. The molecular formula is C21H21ClN2O6. The number of halogens is 1. The molecule has 1 atom stereocenters. The zero-order valence-corrected chi connectivity index (χ0v) is 17.1. The number of anilines is 2. The van der Waals surface area contributed by atoms with Gasteiger partial charge in [-0.2, -0.15) is 0 Å². The third-order valence-corrected chi connectivity index (χ3v) is 5.11. The van der Waals surface area contributed by atoms with Crippen molar-refractivity contribution in [1.29, 1.82) is 0 Å². The first-order valence-electron chi connectivity index (χ1n) is 9.55. The number of hydrogen-bond acceptors (Lipinski definition) is 7. The lowest BCUT2D eigenvalue weighted by Gasteiger charge is -2.28. The smallest absolute Gasteiger partial charge is 0.339 e. The molecule has 2 aliphatic heterocycles. The second-order valence-electron chi connectivity index (χ2n) is 6.87. The van der Waals surface area contributed by atoms with Crippen molar-refractivity contribution >= 4 is 34.9 Å². The summed E-state index contributed by atoms with van der Waals surface area (Å²) in [5.41, 5.74) is 1.86. The maximum Gasteiger partial charge on any atom is 0.339 e. The number of hydrogen-bond donors (Lipinski definition) is 1. The van der Waals surface area contributed by atoms with E-state index in [1.807, 2.05) is 24.3 Å². The molecule has 0 radical (unpaired) electrons. The van der Waals surface area contributed by atoms with Crippen LogP contribution in [0.15, 0.2) is 36.4 Å². The lowest BCUT2D eigenvalue weighted by molar-refractivity contribution is -0.123. The van der Waals surface area contributed by atoms with Crippen molar-refractivity contribution in [2.24, 2.45) is 0 Å². The van der Waals surface area contributed by atoms with Crippen LogP contribution in [-0.2, 0) is 14.3 Å². The molecule has 30 heavy (non-hydrogen) atoms. The van der Waals surface area contributed by atoms with E-state index in [0.717, 1.165) is 18.8 Å². The van der Waals surface area contributed by atoms with E-state index in [1.165, 1.54) is 19.1 Å². The molecule has 0 spiro atoms. The standard InChI is InChI=1S/C21H21ClN2O6/c1-13(30-21(26)14-10-17(22)19-18(11-14)28-12-29-19)20(25)23-15-2-4-16(5-3-15)24-6-8-27-9-7-24/h2-5,10-11,13H,6-9,12H2,1H3,(H,23,25). The van der Waals surface area contributed by atoms with Crippen LogP contribution >= 0.6 is 11.6 Å². The molecule has 2 aromatic rings.